The number of benzene rings is 2. The largest absolute Gasteiger partial charge is 0.497 e. The van der Waals surface area contributed by atoms with Crippen LogP contribution in [0.25, 0.3) is 0 Å². The van der Waals surface area contributed by atoms with E-state index < -0.39 is 5.82 Å². The zero-order valence-electron chi connectivity index (χ0n) is 13.8. The SMILES string of the molecule is COc1ccc(C(=O)N(C)CC2OCCc3ccccc32)c(F)c1. The van der Waals surface area contributed by atoms with Gasteiger partial charge in [0.25, 0.3) is 5.91 Å². The highest BCUT2D eigenvalue weighted by molar-refractivity contribution is 5.94. The van der Waals surface area contributed by atoms with Crippen LogP contribution in [0.4, 0.5) is 4.39 Å². The molecule has 0 spiro atoms. The standard InChI is InChI=1S/C19H20FNO3/c1-21(19(22)16-8-7-14(23-2)11-17(16)20)12-18-15-6-4-3-5-13(15)9-10-24-18/h3-8,11,18H,9-10,12H2,1-2H3. The Hall–Kier alpha value is -2.40. The van der Waals surface area contributed by atoms with E-state index in [0.717, 1.165) is 12.0 Å². The predicted octanol–water partition coefficient (Wildman–Crippen LogP) is 3.22. The van der Waals surface area contributed by atoms with Crippen LogP contribution in [-0.2, 0) is 11.2 Å². The topological polar surface area (TPSA) is 38.8 Å². The molecule has 0 N–H and O–H groups in total. The zero-order valence-corrected chi connectivity index (χ0v) is 13.8. The highest BCUT2D eigenvalue weighted by Crippen LogP contribution is 2.28. The minimum Gasteiger partial charge on any atom is -0.497 e. The minimum atomic E-state index is -0.587. The second-order valence-corrected chi connectivity index (χ2v) is 5.84. The number of carbonyl (C=O) groups excluding carboxylic acids is 1. The number of hydrogen-bond donors (Lipinski definition) is 0. The summed E-state index contributed by atoms with van der Waals surface area (Å²) in [4.78, 5) is 14.0. The molecule has 126 valence electrons. The van der Waals surface area contributed by atoms with Gasteiger partial charge in [0, 0.05) is 13.1 Å². The molecule has 0 aliphatic carbocycles. The number of hydrogen-bond acceptors (Lipinski definition) is 3. The van der Waals surface area contributed by atoms with Gasteiger partial charge >= 0.3 is 0 Å². The molecule has 0 fully saturated rings. The van der Waals surface area contributed by atoms with Gasteiger partial charge in [0.2, 0.25) is 0 Å². The van der Waals surface area contributed by atoms with E-state index in [1.165, 1.54) is 29.7 Å². The zero-order chi connectivity index (χ0) is 17.1. The van der Waals surface area contributed by atoms with Crippen LogP contribution >= 0.6 is 0 Å². The molecule has 5 heteroatoms. The fourth-order valence-corrected chi connectivity index (χ4v) is 2.96. The van der Waals surface area contributed by atoms with E-state index in [9.17, 15) is 9.18 Å². The van der Waals surface area contributed by atoms with Crippen LogP contribution in [0.3, 0.4) is 0 Å². The third kappa shape index (κ3) is 3.26. The average Bonchev–Trinajstić information content (AvgIpc) is 2.61. The van der Waals surface area contributed by atoms with Crippen LogP contribution in [-0.4, -0.2) is 38.1 Å². The number of likely N-dealkylation sites (N-methyl/N-ethyl adjacent to an activating group) is 1. The third-order valence-corrected chi connectivity index (χ3v) is 4.29. The van der Waals surface area contributed by atoms with Gasteiger partial charge in [0.05, 0.1) is 25.8 Å². The molecule has 0 bridgehead atoms. The van der Waals surface area contributed by atoms with Gasteiger partial charge in [-0.15, -0.1) is 0 Å². The maximum atomic E-state index is 14.1. The quantitative estimate of drug-likeness (QED) is 0.864. The van der Waals surface area contributed by atoms with Crippen molar-refractivity contribution in [2.75, 3.05) is 27.3 Å². The van der Waals surface area contributed by atoms with Crippen LogP contribution in [0, 0.1) is 5.82 Å². The van der Waals surface area contributed by atoms with Crippen LogP contribution in [0.2, 0.25) is 0 Å². The molecule has 1 heterocycles. The maximum Gasteiger partial charge on any atom is 0.256 e. The van der Waals surface area contributed by atoms with Gasteiger partial charge < -0.3 is 14.4 Å². The van der Waals surface area contributed by atoms with Gasteiger partial charge in [-0.2, -0.15) is 0 Å². The molecule has 2 aromatic carbocycles. The van der Waals surface area contributed by atoms with Crippen molar-refractivity contribution in [1.82, 2.24) is 4.90 Å². The summed E-state index contributed by atoms with van der Waals surface area (Å²) in [6.07, 6.45) is 0.683. The molecule has 3 rings (SSSR count). The molecular weight excluding hydrogens is 309 g/mol. The van der Waals surface area contributed by atoms with Crippen molar-refractivity contribution < 1.29 is 18.7 Å². The van der Waals surface area contributed by atoms with Gasteiger partial charge in [-0.3, -0.25) is 4.79 Å². The maximum absolute atomic E-state index is 14.1. The number of nitrogens with zero attached hydrogens (tertiary/aromatic N) is 1. The fraction of sp³-hybridized carbons (Fsp3) is 0.316. The number of carbonyl (C=O) groups is 1. The molecule has 0 saturated carbocycles. The van der Waals surface area contributed by atoms with Gasteiger partial charge in [-0.05, 0) is 29.7 Å². The lowest BCUT2D eigenvalue weighted by Crippen LogP contribution is -2.34. The van der Waals surface area contributed by atoms with Crippen molar-refractivity contribution in [3.63, 3.8) is 0 Å². The summed E-state index contributed by atoms with van der Waals surface area (Å²) >= 11 is 0. The summed E-state index contributed by atoms with van der Waals surface area (Å²) in [6, 6.07) is 12.3. The lowest BCUT2D eigenvalue weighted by atomic mass is 9.97. The van der Waals surface area contributed by atoms with E-state index >= 15 is 0 Å². The summed E-state index contributed by atoms with van der Waals surface area (Å²) < 4.78 is 24.9. The Morgan fingerprint density at radius 1 is 1.33 bits per heavy atom. The van der Waals surface area contributed by atoms with E-state index in [-0.39, 0.29) is 17.6 Å². The van der Waals surface area contributed by atoms with Crippen LogP contribution < -0.4 is 4.74 Å². The van der Waals surface area contributed by atoms with E-state index in [2.05, 4.69) is 6.07 Å². The summed E-state index contributed by atoms with van der Waals surface area (Å²) in [5.74, 6) is -0.575. The molecule has 0 saturated heterocycles. The normalized spacial score (nSPS) is 16.4. The molecule has 1 aliphatic rings. The first kappa shape index (κ1) is 16.5. The van der Waals surface area contributed by atoms with Crippen LogP contribution in [0.5, 0.6) is 5.75 Å². The van der Waals surface area contributed by atoms with Crippen LogP contribution in [0.15, 0.2) is 42.5 Å². The van der Waals surface area contributed by atoms with Gasteiger partial charge in [-0.25, -0.2) is 4.39 Å². The van der Waals surface area contributed by atoms with Crippen molar-refractivity contribution >= 4 is 5.91 Å². The van der Waals surface area contributed by atoms with Crippen molar-refractivity contribution in [3.05, 3.63) is 65.0 Å². The van der Waals surface area contributed by atoms with Crippen molar-refractivity contribution in [3.8, 4) is 5.75 Å². The van der Waals surface area contributed by atoms with E-state index in [0.29, 0.717) is 18.9 Å². The van der Waals surface area contributed by atoms with Gasteiger partial charge in [0.15, 0.2) is 0 Å². The molecule has 1 unspecified atom stereocenters. The number of fused-ring (bicyclic) bond motifs is 1. The van der Waals surface area contributed by atoms with Crippen molar-refractivity contribution in [2.24, 2.45) is 0 Å². The lowest BCUT2D eigenvalue weighted by molar-refractivity contribution is 0.0199. The molecule has 0 aromatic heterocycles. The van der Waals surface area contributed by atoms with Crippen LogP contribution in [0.1, 0.15) is 27.6 Å². The molecular formula is C19H20FNO3. The number of methoxy groups -OCH3 is 1. The fourth-order valence-electron chi connectivity index (χ4n) is 2.96. The Kier molecular flexibility index (Phi) is 4.81. The molecule has 24 heavy (non-hydrogen) atoms. The molecule has 2 aromatic rings. The van der Waals surface area contributed by atoms with Crippen molar-refractivity contribution in [2.45, 2.75) is 12.5 Å². The Labute approximate surface area is 140 Å². The monoisotopic (exact) mass is 329 g/mol. The first-order chi connectivity index (χ1) is 11.6. The number of rotatable bonds is 4. The second kappa shape index (κ2) is 7.01. The van der Waals surface area contributed by atoms with Crippen molar-refractivity contribution in [1.29, 1.82) is 0 Å². The van der Waals surface area contributed by atoms with E-state index in [1.807, 2.05) is 18.2 Å². The Morgan fingerprint density at radius 3 is 2.88 bits per heavy atom. The second-order valence-electron chi connectivity index (χ2n) is 5.84. The van der Waals surface area contributed by atoms with E-state index in [1.54, 1.807) is 13.1 Å². The number of halogens is 1. The van der Waals surface area contributed by atoms with Gasteiger partial charge in [-0.1, -0.05) is 24.3 Å². The first-order valence-electron chi connectivity index (χ1n) is 7.88. The number of amides is 1. The first-order valence-corrected chi connectivity index (χ1v) is 7.88. The molecule has 1 aliphatic heterocycles. The highest BCUT2D eigenvalue weighted by Gasteiger charge is 2.25. The minimum absolute atomic E-state index is 0.0300. The summed E-state index contributed by atoms with van der Waals surface area (Å²) in [5, 5.41) is 0. The molecule has 1 atom stereocenters. The summed E-state index contributed by atoms with van der Waals surface area (Å²) in [5.41, 5.74) is 2.37. The predicted molar refractivity (Wildman–Crippen MR) is 88.8 cm³/mol. The molecule has 0 radical (unpaired) electrons. The average molecular weight is 329 g/mol. The smallest absolute Gasteiger partial charge is 0.256 e. The summed E-state index contributed by atoms with van der Waals surface area (Å²) in [7, 11) is 3.12. The summed E-state index contributed by atoms with van der Waals surface area (Å²) in [6.45, 7) is 1.00. The molecule has 1 amide bonds. The van der Waals surface area contributed by atoms with Gasteiger partial charge in [0.1, 0.15) is 17.7 Å². The third-order valence-electron chi connectivity index (χ3n) is 4.29. The Morgan fingerprint density at radius 2 is 2.12 bits per heavy atom. The Bertz CT molecular complexity index is 747. The van der Waals surface area contributed by atoms with E-state index in [4.69, 9.17) is 9.47 Å². The highest BCUT2D eigenvalue weighted by atomic mass is 19.1. The number of ether oxygens (including phenoxy) is 2. The lowest BCUT2D eigenvalue weighted by Gasteiger charge is -2.29. The Balaban J connectivity index is 1.76. The molecule has 4 nitrogen and oxygen atoms in total.